The number of benzene rings is 1. The van der Waals surface area contributed by atoms with Crippen molar-refractivity contribution in [1.29, 1.82) is 0 Å². The highest BCUT2D eigenvalue weighted by molar-refractivity contribution is 5.90. The monoisotopic (exact) mass is 229 g/mol. The van der Waals surface area contributed by atoms with E-state index < -0.39 is 23.4 Å². The van der Waals surface area contributed by atoms with E-state index in [9.17, 15) is 18.0 Å². The van der Waals surface area contributed by atoms with Crippen molar-refractivity contribution in [2.45, 2.75) is 18.0 Å². The standard InChI is InChI=1S/C11H10F3NO/c12-11(13,14)8-6-10(8,9(15)16)7-4-2-1-3-5-7/h1-5,8H,6H2,(H2,15,16). The summed E-state index contributed by atoms with van der Waals surface area (Å²) in [6.07, 6.45) is -4.61. The number of carbonyl (C=O) groups is 1. The molecule has 2 atom stereocenters. The lowest BCUT2D eigenvalue weighted by molar-refractivity contribution is -0.156. The van der Waals surface area contributed by atoms with Gasteiger partial charge in [-0.1, -0.05) is 30.3 Å². The Morgan fingerprint density at radius 2 is 1.88 bits per heavy atom. The molecule has 1 aliphatic carbocycles. The van der Waals surface area contributed by atoms with Crippen molar-refractivity contribution in [3.63, 3.8) is 0 Å². The molecule has 2 nitrogen and oxygen atoms in total. The average molecular weight is 229 g/mol. The molecule has 1 aliphatic rings. The zero-order valence-electron chi connectivity index (χ0n) is 8.29. The van der Waals surface area contributed by atoms with Crippen LogP contribution in [-0.2, 0) is 10.2 Å². The minimum Gasteiger partial charge on any atom is -0.369 e. The van der Waals surface area contributed by atoms with Crippen LogP contribution in [0.25, 0.3) is 0 Å². The molecule has 0 aromatic heterocycles. The first-order chi connectivity index (χ1) is 7.39. The summed E-state index contributed by atoms with van der Waals surface area (Å²) in [6, 6.07) is 7.91. The highest BCUT2D eigenvalue weighted by Crippen LogP contribution is 2.61. The smallest absolute Gasteiger partial charge is 0.369 e. The van der Waals surface area contributed by atoms with Crippen molar-refractivity contribution in [2.24, 2.45) is 11.7 Å². The fourth-order valence-electron chi connectivity index (χ4n) is 2.13. The molecule has 0 spiro atoms. The number of primary amides is 1. The lowest BCUT2D eigenvalue weighted by Gasteiger charge is -2.15. The van der Waals surface area contributed by atoms with Gasteiger partial charge in [0.15, 0.2) is 0 Å². The van der Waals surface area contributed by atoms with Crippen LogP contribution >= 0.6 is 0 Å². The van der Waals surface area contributed by atoms with Crippen LogP contribution in [0.3, 0.4) is 0 Å². The van der Waals surface area contributed by atoms with E-state index in [1.807, 2.05) is 0 Å². The Labute approximate surface area is 90.2 Å². The summed E-state index contributed by atoms with van der Waals surface area (Å²) >= 11 is 0. The van der Waals surface area contributed by atoms with Crippen LogP contribution in [0.1, 0.15) is 12.0 Å². The Hall–Kier alpha value is -1.52. The summed E-state index contributed by atoms with van der Waals surface area (Å²) in [7, 11) is 0. The quantitative estimate of drug-likeness (QED) is 0.828. The van der Waals surface area contributed by atoms with Crippen molar-refractivity contribution in [1.82, 2.24) is 0 Å². The number of alkyl halides is 3. The SMILES string of the molecule is NC(=O)C1(c2ccccc2)CC1C(F)(F)F. The Kier molecular flexibility index (Phi) is 2.22. The van der Waals surface area contributed by atoms with Gasteiger partial charge in [0.25, 0.3) is 0 Å². The van der Waals surface area contributed by atoms with Gasteiger partial charge < -0.3 is 5.73 Å². The molecule has 5 heteroatoms. The molecule has 16 heavy (non-hydrogen) atoms. The Bertz CT molecular complexity index is 415. The third-order valence-electron chi connectivity index (χ3n) is 3.08. The molecule has 0 saturated heterocycles. The molecule has 1 aromatic rings. The maximum atomic E-state index is 12.6. The van der Waals surface area contributed by atoms with Gasteiger partial charge in [0, 0.05) is 0 Å². The van der Waals surface area contributed by atoms with E-state index in [1.165, 1.54) is 12.1 Å². The second-order valence-corrected chi connectivity index (χ2v) is 4.00. The molecule has 2 unspecified atom stereocenters. The fraction of sp³-hybridized carbons (Fsp3) is 0.364. The van der Waals surface area contributed by atoms with E-state index in [2.05, 4.69) is 0 Å². The maximum absolute atomic E-state index is 12.6. The molecular formula is C11H10F3NO. The predicted molar refractivity (Wildman–Crippen MR) is 51.5 cm³/mol. The van der Waals surface area contributed by atoms with Crippen LogP contribution in [0.5, 0.6) is 0 Å². The third-order valence-corrected chi connectivity index (χ3v) is 3.08. The minimum atomic E-state index is -4.37. The first kappa shape index (κ1) is 11.0. The highest BCUT2D eigenvalue weighted by atomic mass is 19.4. The predicted octanol–water partition coefficient (Wildman–Crippen LogP) is 1.99. The Balaban J connectivity index is 2.39. The van der Waals surface area contributed by atoms with Gasteiger partial charge in [-0.15, -0.1) is 0 Å². The van der Waals surface area contributed by atoms with Crippen LogP contribution in [0, 0.1) is 5.92 Å². The first-order valence-corrected chi connectivity index (χ1v) is 4.81. The molecule has 1 aromatic carbocycles. The average Bonchev–Trinajstić information content (AvgIpc) is 2.94. The molecule has 1 amide bonds. The fourth-order valence-corrected chi connectivity index (χ4v) is 2.13. The van der Waals surface area contributed by atoms with Gasteiger partial charge in [-0.05, 0) is 12.0 Å². The zero-order chi connectivity index (χ0) is 12.0. The van der Waals surface area contributed by atoms with Crippen molar-refractivity contribution in [3.8, 4) is 0 Å². The largest absolute Gasteiger partial charge is 0.393 e. The van der Waals surface area contributed by atoms with Gasteiger partial charge in [-0.2, -0.15) is 13.2 Å². The lowest BCUT2D eigenvalue weighted by Crippen LogP contribution is -2.34. The van der Waals surface area contributed by atoms with Gasteiger partial charge in [-0.25, -0.2) is 0 Å². The Morgan fingerprint density at radius 1 is 1.31 bits per heavy atom. The van der Waals surface area contributed by atoms with Crippen molar-refractivity contribution < 1.29 is 18.0 Å². The topological polar surface area (TPSA) is 43.1 Å². The van der Waals surface area contributed by atoms with Crippen LogP contribution < -0.4 is 5.73 Å². The van der Waals surface area contributed by atoms with E-state index >= 15 is 0 Å². The van der Waals surface area contributed by atoms with Crippen LogP contribution in [0.2, 0.25) is 0 Å². The molecule has 1 fully saturated rings. The number of hydrogen-bond donors (Lipinski definition) is 1. The van der Waals surface area contributed by atoms with Crippen LogP contribution in [0.15, 0.2) is 30.3 Å². The highest BCUT2D eigenvalue weighted by Gasteiger charge is 2.70. The number of rotatable bonds is 2. The number of amides is 1. The summed E-state index contributed by atoms with van der Waals surface area (Å²) in [6.45, 7) is 0. The van der Waals surface area contributed by atoms with Gasteiger partial charge in [0.2, 0.25) is 5.91 Å². The molecule has 0 aliphatic heterocycles. The summed E-state index contributed by atoms with van der Waals surface area (Å²) in [5, 5.41) is 0. The Morgan fingerprint density at radius 3 is 2.25 bits per heavy atom. The molecule has 0 bridgehead atoms. The molecule has 2 rings (SSSR count). The van der Waals surface area contributed by atoms with Gasteiger partial charge in [-0.3, -0.25) is 4.79 Å². The van der Waals surface area contributed by atoms with Gasteiger partial charge in [0.1, 0.15) is 0 Å². The number of hydrogen-bond acceptors (Lipinski definition) is 1. The van der Waals surface area contributed by atoms with Crippen LogP contribution in [-0.4, -0.2) is 12.1 Å². The molecule has 0 heterocycles. The lowest BCUT2D eigenvalue weighted by atomic mass is 9.92. The molecule has 86 valence electrons. The van der Waals surface area contributed by atoms with Gasteiger partial charge in [0.05, 0.1) is 11.3 Å². The number of carbonyl (C=O) groups excluding carboxylic acids is 1. The first-order valence-electron chi connectivity index (χ1n) is 4.81. The number of halogens is 3. The molecule has 2 N–H and O–H groups in total. The van der Waals surface area contributed by atoms with E-state index in [4.69, 9.17) is 5.73 Å². The van der Waals surface area contributed by atoms with Crippen molar-refractivity contribution >= 4 is 5.91 Å². The minimum absolute atomic E-state index is 0.240. The van der Waals surface area contributed by atoms with Crippen molar-refractivity contribution in [3.05, 3.63) is 35.9 Å². The zero-order valence-corrected chi connectivity index (χ0v) is 8.29. The van der Waals surface area contributed by atoms with Crippen molar-refractivity contribution in [2.75, 3.05) is 0 Å². The van der Waals surface area contributed by atoms with Crippen LogP contribution in [0.4, 0.5) is 13.2 Å². The second-order valence-electron chi connectivity index (χ2n) is 4.00. The normalized spacial score (nSPS) is 28.8. The van der Waals surface area contributed by atoms with E-state index in [1.54, 1.807) is 18.2 Å². The third kappa shape index (κ3) is 1.47. The van der Waals surface area contributed by atoms with E-state index in [0.29, 0.717) is 5.56 Å². The summed E-state index contributed by atoms with van der Waals surface area (Å²) < 4.78 is 37.7. The number of nitrogens with two attached hydrogens (primary N) is 1. The molecule has 1 saturated carbocycles. The maximum Gasteiger partial charge on any atom is 0.393 e. The second kappa shape index (κ2) is 3.23. The van der Waals surface area contributed by atoms with Gasteiger partial charge >= 0.3 is 6.18 Å². The summed E-state index contributed by atoms with van der Waals surface area (Å²) in [4.78, 5) is 11.3. The molecule has 0 radical (unpaired) electrons. The van der Waals surface area contributed by atoms with E-state index in [-0.39, 0.29) is 6.42 Å². The summed E-state index contributed by atoms with van der Waals surface area (Å²) in [5.41, 5.74) is 3.92. The molecular weight excluding hydrogens is 219 g/mol. The van der Waals surface area contributed by atoms with E-state index in [0.717, 1.165) is 0 Å². The summed E-state index contributed by atoms with van der Waals surface area (Å²) in [5.74, 6) is -2.54.